The van der Waals surface area contributed by atoms with Crippen molar-refractivity contribution in [3.8, 4) is 22.8 Å². The van der Waals surface area contributed by atoms with Crippen LogP contribution in [-0.2, 0) is 0 Å². The van der Waals surface area contributed by atoms with Gasteiger partial charge >= 0.3 is 17.3 Å². The van der Waals surface area contributed by atoms with E-state index in [0.717, 1.165) is 6.07 Å². The lowest BCUT2D eigenvalue weighted by atomic mass is 10.1. The molecule has 2 aromatic carbocycles. The highest BCUT2D eigenvalue weighted by Gasteiger charge is 2.25. The van der Waals surface area contributed by atoms with Crippen molar-refractivity contribution >= 4 is 16.9 Å². The minimum Gasteiger partial charge on any atom is -1.00 e. The predicted molar refractivity (Wildman–Crippen MR) is 76.3 cm³/mol. The molecule has 3 aromatic rings. The summed E-state index contributed by atoms with van der Waals surface area (Å²) >= 11 is 0. The summed E-state index contributed by atoms with van der Waals surface area (Å²) in [6, 6.07) is 12.7. The number of fused-ring (bicyclic) bond motifs is 1. The number of rotatable bonds is 2. The first-order valence-corrected chi connectivity index (χ1v) is 6.18. The highest BCUT2D eigenvalue weighted by Crippen LogP contribution is 2.35. The summed E-state index contributed by atoms with van der Waals surface area (Å²) in [4.78, 5) is 11.4. The molecule has 0 unspecified atom stereocenters. The van der Waals surface area contributed by atoms with Gasteiger partial charge in [-0.15, -0.1) is 0 Å². The Morgan fingerprint density at radius 3 is 2.32 bits per heavy atom. The van der Waals surface area contributed by atoms with Gasteiger partial charge in [-0.05, 0) is 12.1 Å². The summed E-state index contributed by atoms with van der Waals surface area (Å²) in [5, 5.41) is 28.8. The quantitative estimate of drug-likeness (QED) is 0.599. The zero-order chi connectivity index (χ0) is 15.0. The topological polar surface area (TPSA) is 89.1 Å². The van der Waals surface area contributed by atoms with Gasteiger partial charge in [-0.2, -0.15) is 0 Å². The molecule has 0 amide bonds. The largest absolute Gasteiger partial charge is 1.00 e. The molecule has 0 aliphatic heterocycles. The van der Waals surface area contributed by atoms with Gasteiger partial charge < -0.3 is 27.7 Å². The molecule has 1 heterocycles. The third-order valence-electron chi connectivity index (χ3n) is 3.12. The first-order chi connectivity index (χ1) is 10.1. The average molecular weight is 319 g/mol. The van der Waals surface area contributed by atoms with Crippen molar-refractivity contribution in [3.63, 3.8) is 0 Å². The maximum atomic E-state index is 11.4. The van der Waals surface area contributed by atoms with E-state index >= 15 is 0 Å². The van der Waals surface area contributed by atoms with Crippen molar-refractivity contribution in [2.24, 2.45) is 0 Å². The molecule has 3 rings (SSSR count). The Balaban J connectivity index is 0.00000176. The van der Waals surface area contributed by atoms with Gasteiger partial charge in [-0.3, -0.25) is 0 Å². The van der Waals surface area contributed by atoms with Gasteiger partial charge in [0.05, 0.1) is 23.3 Å². The first kappa shape index (κ1) is 15.6. The minimum absolute atomic E-state index is 0. The molecule has 0 radical (unpaired) electrons. The smallest absolute Gasteiger partial charge is 0.369 e. The van der Waals surface area contributed by atoms with E-state index in [2.05, 4.69) is 0 Å². The third-order valence-corrected chi connectivity index (χ3v) is 3.12. The lowest BCUT2D eigenvalue weighted by Crippen LogP contribution is -3.00. The molecule has 0 aliphatic rings. The molecule has 6 heteroatoms. The van der Waals surface area contributed by atoms with E-state index in [1.807, 2.05) is 6.07 Å². The van der Waals surface area contributed by atoms with Gasteiger partial charge in [0, 0.05) is 6.07 Å². The predicted octanol–water partition coefficient (Wildman–Crippen LogP) is 0.494. The van der Waals surface area contributed by atoms with Crippen LogP contribution in [0, 0.1) is 0 Å². The molecule has 3 N–H and O–H groups in total. The number of halogens is 1. The van der Waals surface area contributed by atoms with E-state index < -0.39 is 5.97 Å². The fourth-order valence-corrected chi connectivity index (χ4v) is 2.20. The fourth-order valence-electron chi connectivity index (χ4n) is 2.20. The number of carbonyl (C=O) groups is 1. The third kappa shape index (κ3) is 2.66. The molecule has 0 saturated carbocycles. The number of aromatic hydroxyl groups is 2. The van der Waals surface area contributed by atoms with Crippen molar-refractivity contribution in [1.29, 1.82) is 0 Å². The van der Waals surface area contributed by atoms with Gasteiger partial charge in [0.15, 0.2) is 0 Å². The molecule has 0 aliphatic carbocycles. The van der Waals surface area contributed by atoms with E-state index in [-0.39, 0.29) is 40.4 Å². The number of benzene rings is 2. The number of hydrogen-bond acceptors (Lipinski definition) is 3. The Labute approximate surface area is 131 Å². The van der Waals surface area contributed by atoms with Crippen LogP contribution in [0.4, 0.5) is 0 Å². The molecule has 0 spiro atoms. The second kappa shape index (κ2) is 5.91. The van der Waals surface area contributed by atoms with Crippen molar-refractivity contribution in [2.45, 2.75) is 0 Å². The van der Waals surface area contributed by atoms with Crippen molar-refractivity contribution < 1.29 is 36.9 Å². The standard InChI is InChI=1S/C16H10O5.ClH/c17-10-6-12(18)15-11(16(19)20)8-13(21-14(15)7-10)9-4-2-1-3-5-9;/h1-8H,(H2-,17,18,19,20);1H. The van der Waals surface area contributed by atoms with Gasteiger partial charge in [-0.25, -0.2) is 9.21 Å². The van der Waals surface area contributed by atoms with Crippen LogP contribution in [0.3, 0.4) is 0 Å². The number of phenolic OH excluding ortho intramolecular Hbond substituents is 2. The van der Waals surface area contributed by atoms with E-state index in [1.54, 1.807) is 24.3 Å². The van der Waals surface area contributed by atoms with Crippen LogP contribution in [0.1, 0.15) is 10.4 Å². The minimum atomic E-state index is -1.19. The Bertz CT molecular complexity index is 846. The summed E-state index contributed by atoms with van der Waals surface area (Å²) in [5.74, 6) is -1.39. The van der Waals surface area contributed by atoms with Crippen LogP contribution in [0.2, 0.25) is 0 Å². The lowest BCUT2D eigenvalue weighted by Gasteiger charge is -2.01. The summed E-state index contributed by atoms with van der Waals surface area (Å²) < 4.78 is 5.62. The maximum absolute atomic E-state index is 11.4. The molecule has 0 saturated heterocycles. The van der Waals surface area contributed by atoms with Gasteiger partial charge in [0.25, 0.3) is 0 Å². The van der Waals surface area contributed by atoms with E-state index in [0.29, 0.717) is 11.3 Å². The molecule has 0 atom stereocenters. The normalized spacial score (nSPS) is 10.2. The van der Waals surface area contributed by atoms with Gasteiger partial charge in [-0.1, -0.05) is 18.2 Å². The number of hydrogen-bond donors (Lipinski definition) is 3. The number of aromatic carboxylic acids is 1. The monoisotopic (exact) mass is 318 g/mol. The highest BCUT2D eigenvalue weighted by atomic mass is 35.5. The van der Waals surface area contributed by atoms with Crippen LogP contribution in [0.5, 0.6) is 11.5 Å². The molecular weight excluding hydrogens is 308 g/mol. The highest BCUT2D eigenvalue weighted by molar-refractivity contribution is 6.05. The summed E-state index contributed by atoms with van der Waals surface area (Å²) in [7, 11) is 0. The number of carboxylic acids is 1. The van der Waals surface area contributed by atoms with Crippen LogP contribution < -0.4 is 12.4 Å². The zero-order valence-corrected chi connectivity index (χ0v) is 11.9. The van der Waals surface area contributed by atoms with Crippen molar-refractivity contribution in [1.82, 2.24) is 0 Å². The SMILES string of the molecule is O=C(O)c1cc(-c2ccccc2)[o+]c2cc(O)cc(O)c12.[Cl-]. The molecule has 112 valence electrons. The van der Waals surface area contributed by atoms with Crippen molar-refractivity contribution in [2.75, 3.05) is 0 Å². The van der Waals surface area contributed by atoms with E-state index in [1.165, 1.54) is 12.1 Å². The second-order valence-corrected chi connectivity index (χ2v) is 4.53. The van der Waals surface area contributed by atoms with Crippen LogP contribution in [-0.4, -0.2) is 21.3 Å². The summed E-state index contributed by atoms with van der Waals surface area (Å²) in [6.07, 6.45) is 0. The maximum Gasteiger partial charge on any atom is 0.369 e. The van der Waals surface area contributed by atoms with E-state index in [9.17, 15) is 20.1 Å². The summed E-state index contributed by atoms with van der Waals surface area (Å²) in [5.41, 5.74) is 0.712. The number of phenols is 2. The van der Waals surface area contributed by atoms with Gasteiger partial charge in [0.2, 0.25) is 0 Å². The van der Waals surface area contributed by atoms with Crippen LogP contribution in [0.15, 0.2) is 52.9 Å². The summed E-state index contributed by atoms with van der Waals surface area (Å²) in [6.45, 7) is 0. The number of carboxylic acid groups (broad SMARTS) is 1. The molecule has 1 aromatic heterocycles. The Morgan fingerprint density at radius 1 is 1.00 bits per heavy atom. The molecule has 0 fully saturated rings. The van der Waals surface area contributed by atoms with Crippen molar-refractivity contribution in [3.05, 3.63) is 54.1 Å². The fraction of sp³-hybridized carbons (Fsp3) is 0. The first-order valence-electron chi connectivity index (χ1n) is 6.18. The van der Waals surface area contributed by atoms with Crippen LogP contribution in [0.25, 0.3) is 22.3 Å². The molecule has 5 nitrogen and oxygen atoms in total. The Kier molecular flexibility index (Phi) is 4.19. The van der Waals surface area contributed by atoms with Crippen LogP contribution >= 0.6 is 0 Å². The zero-order valence-electron chi connectivity index (χ0n) is 11.2. The lowest BCUT2D eigenvalue weighted by molar-refractivity contribution is -0.0000220. The van der Waals surface area contributed by atoms with Gasteiger partial charge in [0.1, 0.15) is 16.9 Å². The molecular formula is C16H11ClO5. The second-order valence-electron chi connectivity index (χ2n) is 4.53. The van der Waals surface area contributed by atoms with E-state index in [4.69, 9.17) is 4.42 Å². The molecule has 0 bridgehead atoms. The average Bonchev–Trinajstić information content (AvgIpc) is 2.46. The Hall–Kier alpha value is -2.79. The Morgan fingerprint density at radius 2 is 1.68 bits per heavy atom. The molecule has 22 heavy (non-hydrogen) atoms.